The lowest BCUT2D eigenvalue weighted by atomic mass is 9.90. The van der Waals surface area contributed by atoms with Crippen molar-refractivity contribution < 1.29 is 5.11 Å². The van der Waals surface area contributed by atoms with E-state index in [1.807, 2.05) is 12.1 Å². The van der Waals surface area contributed by atoms with Crippen LogP contribution in [0, 0.1) is 0 Å². The summed E-state index contributed by atoms with van der Waals surface area (Å²) < 4.78 is 0.798. The predicted octanol–water partition coefficient (Wildman–Crippen LogP) is 2.06. The van der Waals surface area contributed by atoms with Gasteiger partial charge in [0.1, 0.15) is 0 Å². The van der Waals surface area contributed by atoms with E-state index in [0.717, 1.165) is 30.1 Å². The Hall–Kier alpha value is -0.0900. The summed E-state index contributed by atoms with van der Waals surface area (Å²) in [6.45, 7) is 1.72. The van der Waals surface area contributed by atoms with Crippen LogP contribution in [0.1, 0.15) is 17.7 Å². The second kappa shape index (κ2) is 4.19. The van der Waals surface area contributed by atoms with Crippen molar-refractivity contribution in [2.75, 3.05) is 13.1 Å². The monoisotopic (exact) mass is 231 g/mol. The summed E-state index contributed by atoms with van der Waals surface area (Å²) in [5, 5.41) is 13.5. The van der Waals surface area contributed by atoms with Crippen LogP contribution in [0.15, 0.2) is 12.1 Å². The van der Waals surface area contributed by atoms with Gasteiger partial charge in [0.25, 0.3) is 0 Å². The highest BCUT2D eigenvalue weighted by Gasteiger charge is 2.29. The maximum atomic E-state index is 10.2. The SMILES string of the molecule is OC1(Cc2ccc(Cl)s2)CCCNC1. The Morgan fingerprint density at radius 3 is 3.00 bits per heavy atom. The lowest BCUT2D eigenvalue weighted by Gasteiger charge is -2.32. The van der Waals surface area contributed by atoms with E-state index in [1.165, 1.54) is 4.88 Å². The van der Waals surface area contributed by atoms with Gasteiger partial charge in [-0.25, -0.2) is 0 Å². The Labute approximate surface area is 92.9 Å². The molecule has 0 aliphatic carbocycles. The molecule has 4 heteroatoms. The predicted molar refractivity (Wildman–Crippen MR) is 60.1 cm³/mol. The van der Waals surface area contributed by atoms with E-state index in [4.69, 9.17) is 11.6 Å². The third-order valence-corrected chi connectivity index (χ3v) is 3.81. The molecule has 1 saturated heterocycles. The Morgan fingerprint density at radius 1 is 1.57 bits per heavy atom. The van der Waals surface area contributed by atoms with E-state index in [1.54, 1.807) is 11.3 Å². The van der Waals surface area contributed by atoms with Gasteiger partial charge in [0.2, 0.25) is 0 Å². The highest BCUT2D eigenvalue weighted by molar-refractivity contribution is 7.16. The first-order chi connectivity index (χ1) is 6.68. The molecular weight excluding hydrogens is 218 g/mol. The molecule has 0 aromatic carbocycles. The first-order valence-electron chi connectivity index (χ1n) is 4.85. The van der Waals surface area contributed by atoms with Crippen molar-refractivity contribution in [3.63, 3.8) is 0 Å². The Bertz CT molecular complexity index is 307. The van der Waals surface area contributed by atoms with Gasteiger partial charge in [-0.3, -0.25) is 0 Å². The number of piperidine rings is 1. The van der Waals surface area contributed by atoms with Gasteiger partial charge in [-0.15, -0.1) is 11.3 Å². The first-order valence-corrected chi connectivity index (χ1v) is 6.05. The Morgan fingerprint density at radius 2 is 2.43 bits per heavy atom. The molecule has 1 aromatic rings. The number of hydrogen-bond donors (Lipinski definition) is 2. The Balaban J connectivity index is 2.01. The van der Waals surface area contributed by atoms with E-state index in [9.17, 15) is 5.11 Å². The third-order valence-electron chi connectivity index (χ3n) is 2.58. The van der Waals surface area contributed by atoms with E-state index in [0.29, 0.717) is 6.54 Å². The normalized spacial score (nSPS) is 27.9. The van der Waals surface area contributed by atoms with Crippen molar-refractivity contribution >= 4 is 22.9 Å². The van der Waals surface area contributed by atoms with Crippen LogP contribution in [-0.4, -0.2) is 23.8 Å². The molecule has 2 N–H and O–H groups in total. The molecule has 1 fully saturated rings. The fourth-order valence-electron chi connectivity index (χ4n) is 1.87. The van der Waals surface area contributed by atoms with Gasteiger partial charge in [-0.1, -0.05) is 11.6 Å². The largest absolute Gasteiger partial charge is 0.388 e. The molecule has 0 radical (unpaired) electrons. The fraction of sp³-hybridized carbons (Fsp3) is 0.600. The van der Waals surface area contributed by atoms with Crippen LogP contribution in [0.5, 0.6) is 0 Å². The lowest BCUT2D eigenvalue weighted by molar-refractivity contribution is 0.0176. The zero-order chi connectivity index (χ0) is 10.0. The summed E-state index contributed by atoms with van der Waals surface area (Å²) in [4.78, 5) is 1.17. The zero-order valence-corrected chi connectivity index (χ0v) is 9.50. The van der Waals surface area contributed by atoms with Crippen molar-refractivity contribution in [2.24, 2.45) is 0 Å². The zero-order valence-electron chi connectivity index (χ0n) is 7.92. The van der Waals surface area contributed by atoms with Crippen molar-refractivity contribution in [3.8, 4) is 0 Å². The van der Waals surface area contributed by atoms with Gasteiger partial charge in [0.05, 0.1) is 9.94 Å². The molecule has 2 nitrogen and oxygen atoms in total. The second-order valence-corrected chi connectivity index (χ2v) is 5.69. The van der Waals surface area contributed by atoms with Gasteiger partial charge >= 0.3 is 0 Å². The van der Waals surface area contributed by atoms with Crippen molar-refractivity contribution in [1.82, 2.24) is 5.32 Å². The molecule has 14 heavy (non-hydrogen) atoms. The van der Waals surface area contributed by atoms with Crippen LogP contribution in [0.4, 0.5) is 0 Å². The molecule has 1 unspecified atom stereocenters. The lowest BCUT2D eigenvalue weighted by Crippen LogP contribution is -2.46. The molecule has 0 spiro atoms. The molecule has 0 bridgehead atoms. The van der Waals surface area contributed by atoms with Crippen LogP contribution >= 0.6 is 22.9 Å². The summed E-state index contributed by atoms with van der Waals surface area (Å²) in [6.07, 6.45) is 2.66. The number of thiophene rings is 1. The van der Waals surface area contributed by atoms with Crippen LogP contribution in [0.2, 0.25) is 4.34 Å². The average molecular weight is 232 g/mol. The topological polar surface area (TPSA) is 32.3 Å². The number of nitrogens with one attached hydrogen (secondary N) is 1. The summed E-state index contributed by atoms with van der Waals surface area (Å²) in [5.74, 6) is 0. The second-order valence-electron chi connectivity index (χ2n) is 3.89. The molecule has 2 heterocycles. The minimum Gasteiger partial charge on any atom is -0.388 e. The number of hydrogen-bond acceptors (Lipinski definition) is 3. The van der Waals surface area contributed by atoms with Gasteiger partial charge in [0, 0.05) is 17.8 Å². The van der Waals surface area contributed by atoms with Crippen LogP contribution < -0.4 is 5.32 Å². The summed E-state index contributed by atoms with van der Waals surface area (Å²) in [5.41, 5.74) is -0.563. The minimum absolute atomic E-state index is 0.563. The number of aliphatic hydroxyl groups is 1. The van der Waals surface area contributed by atoms with Crippen molar-refractivity contribution in [3.05, 3.63) is 21.3 Å². The summed E-state index contributed by atoms with van der Waals surface area (Å²) >= 11 is 7.40. The number of rotatable bonds is 2. The van der Waals surface area contributed by atoms with Crippen LogP contribution in [0.3, 0.4) is 0 Å². The standard InChI is InChI=1S/C10H14ClNOS/c11-9-3-2-8(14-9)6-10(13)4-1-5-12-7-10/h2-3,12-13H,1,4-7H2. The average Bonchev–Trinajstić information content (AvgIpc) is 2.51. The molecule has 1 aliphatic rings. The molecule has 0 saturated carbocycles. The quantitative estimate of drug-likeness (QED) is 0.817. The molecule has 78 valence electrons. The number of halogens is 1. The van der Waals surface area contributed by atoms with Crippen LogP contribution in [-0.2, 0) is 6.42 Å². The van der Waals surface area contributed by atoms with Crippen LogP contribution in [0.25, 0.3) is 0 Å². The van der Waals surface area contributed by atoms with E-state index in [2.05, 4.69) is 5.32 Å². The highest BCUT2D eigenvalue weighted by atomic mass is 35.5. The maximum Gasteiger partial charge on any atom is 0.0931 e. The molecule has 1 atom stereocenters. The number of β-amino-alcohol motifs (C(OH)–C–C–N with tert-alkyl or cyclic N) is 1. The molecule has 1 aliphatic heterocycles. The van der Waals surface area contributed by atoms with Gasteiger partial charge in [-0.05, 0) is 31.5 Å². The maximum absolute atomic E-state index is 10.2. The summed E-state index contributed by atoms with van der Waals surface area (Å²) in [6, 6.07) is 3.89. The molecule has 0 amide bonds. The molecule has 2 rings (SSSR count). The Kier molecular flexibility index (Phi) is 3.12. The molecular formula is C10H14ClNOS. The van der Waals surface area contributed by atoms with Gasteiger partial charge in [0.15, 0.2) is 0 Å². The van der Waals surface area contributed by atoms with Crippen molar-refractivity contribution in [2.45, 2.75) is 24.9 Å². The summed E-state index contributed by atoms with van der Waals surface area (Å²) in [7, 11) is 0. The highest BCUT2D eigenvalue weighted by Crippen LogP contribution is 2.27. The minimum atomic E-state index is -0.563. The smallest absolute Gasteiger partial charge is 0.0931 e. The third kappa shape index (κ3) is 2.48. The van der Waals surface area contributed by atoms with Gasteiger partial charge < -0.3 is 10.4 Å². The first kappa shape index (κ1) is 10.4. The van der Waals surface area contributed by atoms with E-state index in [-0.39, 0.29) is 0 Å². The molecule has 1 aromatic heterocycles. The van der Waals surface area contributed by atoms with E-state index >= 15 is 0 Å². The van der Waals surface area contributed by atoms with Crippen molar-refractivity contribution in [1.29, 1.82) is 0 Å². The van der Waals surface area contributed by atoms with Gasteiger partial charge in [-0.2, -0.15) is 0 Å². The van der Waals surface area contributed by atoms with E-state index < -0.39 is 5.60 Å². The fourth-order valence-corrected chi connectivity index (χ4v) is 3.10.